The average molecular weight is 206 g/mol. The quantitative estimate of drug-likeness (QED) is 0.798. The van der Waals surface area contributed by atoms with Gasteiger partial charge in [-0.1, -0.05) is 5.16 Å². The van der Waals surface area contributed by atoms with Gasteiger partial charge in [-0.15, -0.1) is 0 Å². The van der Waals surface area contributed by atoms with Gasteiger partial charge >= 0.3 is 0 Å². The Kier molecular flexibility index (Phi) is 3.14. The summed E-state index contributed by atoms with van der Waals surface area (Å²) in [6.07, 6.45) is 5.37. The van der Waals surface area contributed by atoms with Crippen molar-refractivity contribution in [3.8, 4) is 0 Å². The molecule has 2 rings (SSSR count). The summed E-state index contributed by atoms with van der Waals surface area (Å²) in [6, 6.07) is 1.85. The fraction of sp³-hybridized carbons (Fsp3) is 0.400. The smallest absolute Gasteiger partial charge is 0.124 e. The van der Waals surface area contributed by atoms with E-state index in [1.165, 1.54) is 0 Å². The Morgan fingerprint density at radius 3 is 3.13 bits per heavy atom. The van der Waals surface area contributed by atoms with Gasteiger partial charge in [-0.3, -0.25) is 0 Å². The van der Waals surface area contributed by atoms with Crippen LogP contribution in [-0.4, -0.2) is 14.7 Å². The highest BCUT2D eigenvalue weighted by Gasteiger charge is 2.01. The van der Waals surface area contributed by atoms with E-state index in [1.807, 2.05) is 18.5 Å². The lowest BCUT2D eigenvalue weighted by Gasteiger charge is -2.04. The molecular weight excluding hydrogens is 192 g/mol. The Balaban J connectivity index is 1.83. The summed E-state index contributed by atoms with van der Waals surface area (Å²) in [4.78, 5) is 4.26. The molecule has 2 aromatic rings. The summed E-state index contributed by atoms with van der Waals surface area (Å²) in [5.74, 6) is 1.04. The van der Waals surface area contributed by atoms with Crippen molar-refractivity contribution in [3.05, 3.63) is 36.2 Å². The second-order valence-electron chi connectivity index (χ2n) is 3.22. The van der Waals surface area contributed by atoms with E-state index in [0.717, 1.165) is 24.6 Å². The molecule has 0 atom stereocenters. The highest BCUT2D eigenvalue weighted by Crippen LogP contribution is 1.98. The maximum atomic E-state index is 4.74. The maximum Gasteiger partial charge on any atom is 0.124 e. The van der Waals surface area contributed by atoms with E-state index in [1.54, 1.807) is 6.26 Å². The van der Waals surface area contributed by atoms with Gasteiger partial charge in [0.15, 0.2) is 0 Å². The van der Waals surface area contributed by atoms with Crippen molar-refractivity contribution in [1.29, 1.82) is 0 Å². The second-order valence-corrected chi connectivity index (χ2v) is 3.22. The number of imidazole rings is 1. The van der Waals surface area contributed by atoms with E-state index in [2.05, 4.69) is 26.9 Å². The lowest BCUT2D eigenvalue weighted by atomic mass is 10.4. The number of hydrogen-bond donors (Lipinski definition) is 1. The number of nitrogens with zero attached hydrogens (tertiary/aromatic N) is 3. The molecule has 0 aliphatic heterocycles. The minimum Gasteiger partial charge on any atom is -0.364 e. The molecule has 5 heteroatoms. The van der Waals surface area contributed by atoms with E-state index in [-0.39, 0.29) is 0 Å². The van der Waals surface area contributed by atoms with Gasteiger partial charge in [-0.2, -0.15) is 0 Å². The lowest BCUT2D eigenvalue weighted by Crippen LogP contribution is -2.16. The molecule has 0 saturated heterocycles. The predicted octanol–water partition coefficient (Wildman–Crippen LogP) is 1.18. The molecule has 80 valence electrons. The zero-order valence-electron chi connectivity index (χ0n) is 8.68. The third-order valence-corrected chi connectivity index (χ3v) is 2.22. The normalized spacial score (nSPS) is 10.7. The SMILES string of the molecule is CCn1ccnc1CNCc1ccon1. The van der Waals surface area contributed by atoms with Gasteiger partial charge in [-0.25, -0.2) is 4.98 Å². The van der Waals surface area contributed by atoms with Crippen LogP contribution in [0.1, 0.15) is 18.4 Å². The minimum absolute atomic E-state index is 0.701. The zero-order valence-corrected chi connectivity index (χ0v) is 8.68. The first-order valence-corrected chi connectivity index (χ1v) is 5.00. The Bertz CT molecular complexity index is 393. The summed E-state index contributed by atoms with van der Waals surface area (Å²) in [6.45, 7) is 4.49. The summed E-state index contributed by atoms with van der Waals surface area (Å²) in [5.41, 5.74) is 0.907. The molecule has 0 aromatic carbocycles. The molecule has 0 radical (unpaired) electrons. The van der Waals surface area contributed by atoms with Crippen molar-refractivity contribution in [1.82, 2.24) is 20.0 Å². The van der Waals surface area contributed by atoms with Gasteiger partial charge in [0.1, 0.15) is 12.1 Å². The van der Waals surface area contributed by atoms with Gasteiger partial charge in [0.2, 0.25) is 0 Å². The second kappa shape index (κ2) is 4.75. The van der Waals surface area contributed by atoms with Crippen molar-refractivity contribution in [2.45, 2.75) is 26.6 Å². The fourth-order valence-corrected chi connectivity index (χ4v) is 1.43. The van der Waals surface area contributed by atoms with Crippen molar-refractivity contribution in [3.63, 3.8) is 0 Å². The number of aromatic nitrogens is 3. The molecule has 0 bridgehead atoms. The summed E-state index contributed by atoms with van der Waals surface area (Å²) >= 11 is 0. The molecule has 15 heavy (non-hydrogen) atoms. The Morgan fingerprint density at radius 1 is 1.47 bits per heavy atom. The van der Waals surface area contributed by atoms with Crippen LogP contribution in [0.5, 0.6) is 0 Å². The molecule has 1 N–H and O–H groups in total. The third kappa shape index (κ3) is 2.44. The first-order chi connectivity index (χ1) is 7.40. The largest absolute Gasteiger partial charge is 0.364 e. The van der Waals surface area contributed by atoms with Gasteiger partial charge in [0, 0.05) is 31.5 Å². The van der Waals surface area contributed by atoms with Gasteiger partial charge in [0.05, 0.1) is 12.2 Å². The molecule has 0 fully saturated rings. The number of rotatable bonds is 5. The van der Waals surface area contributed by atoms with Crippen molar-refractivity contribution in [2.75, 3.05) is 0 Å². The standard InChI is InChI=1S/C10H14N4O/c1-2-14-5-4-12-10(14)8-11-7-9-3-6-15-13-9/h3-6,11H,2,7-8H2,1H3. The number of hydrogen-bond acceptors (Lipinski definition) is 4. The first kappa shape index (κ1) is 9.92. The molecule has 0 aliphatic carbocycles. The van der Waals surface area contributed by atoms with Gasteiger partial charge < -0.3 is 14.4 Å². The molecular formula is C10H14N4O. The lowest BCUT2D eigenvalue weighted by molar-refractivity contribution is 0.408. The van der Waals surface area contributed by atoms with Crippen LogP contribution in [0.25, 0.3) is 0 Å². The maximum absolute atomic E-state index is 4.74. The monoisotopic (exact) mass is 206 g/mol. The van der Waals surface area contributed by atoms with Crippen LogP contribution in [0.2, 0.25) is 0 Å². The average Bonchev–Trinajstić information content (AvgIpc) is 2.88. The van der Waals surface area contributed by atoms with E-state index < -0.39 is 0 Å². The van der Waals surface area contributed by atoms with E-state index in [9.17, 15) is 0 Å². The van der Waals surface area contributed by atoms with Crippen LogP contribution >= 0.6 is 0 Å². The molecule has 0 aliphatic rings. The molecule has 0 spiro atoms. The fourth-order valence-electron chi connectivity index (χ4n) is 1.43. The summed E-state index contributed by atoms with van der Waals surface area (Å²) in [7, 11) is 0. The highest BCUT2D eigenvalue weighted by molar-refractivity contribution is 4.96. The molecule has 2 aromatic heterocycles. The van der Waals surface area contributed by atoms with Gasteiger partial charge in [-0.05, 0) is 6.92 Å². The van der Waals surface area contributed by atoms with Crippen molar-refractivity contribution in [2.24, 2.45) is 0 Å². The Morgan fingerprint density at radius 2 is 2.40 bits per heavy atom. The molecule has 0 unspecified atom stereocenters. The van der Waals surface area contributed by atoms with E-state index in [4.69, 9.17) is 4.52 Å². The predicted molar refractivity (Wildman–Crippen MR) is 54.9 cm³/mol. The molecule has 0 saturated carbocycles. The van der Waals surface area contributed by atoms with Crippen molar-refractivity contribution >= 4 is 0 Å². The number of nitrogens with one attached hydrogen (secondary N) is 1. The van der Waals surface area contributed by atoms with Crippen LogP contribution in [0.3, 0.4) is 0 Å². The topological polar surface area (TPSA) is 55.9 Å². The van der Waals surface area contributed by atoms with Gasteiger partial charge in [0.25, 0.3) is 0 Å². The van der Waals surface area contributed by atoms with E-state index >= 15 is 0 Å². The van der Waals surface area contributed by atoms with Crippen LogP contribution in [0.4, 0.5) is 0 Å². The van der Waals surface area contributed by atoms with Crippen molar-refractivity contribution < 1.29 is 4.52 Å². The van der Waals surface area contributed by atoms with Crippen LogP contribution in [-0.2, 0) is 19.6 Å². The third-order valence-electron chi connectivity index (χ3n) is 2.22. The first-order valence-electron chi connectivity index (χ1n) is 5.00. The summed E-state index contributed by atoms with van der Waals surface area (Å²) in [5, 5.41) is 7.07. The highest BCUT2D eigenvalue weighted by atomic mass is 16.5. The Labute approximate surface area is 88.1 Å². The molecule has 2 heterocycles. The van der Waals surface area contributed by atoms with Crippen LogP contribution in [0.15, 0.2) is 29.2 Å². The zero-order chi connectivity index (χ0) is 10.5. The summed E-state index contributed by atoms with van der Waals surface area (Å²) < 4.78 is 6.84. The van der Waals surface area contributed by atoms with Crippen LogP contribution < -0.4 is 5.32 Å². The van der Waals surface area contributed by atoms with E-state index in [0.29, 0.717) is 6.54 Å². The number of aryl methyl sites for hydroxylation is 1. The van der Waals surface area contributed by atoms with Crippen LogP contribution in [0, 0.1) is 0 Å². The molecule has 0 amide bonds. The minimum atomic E-state index is 0.701. The molecule has 5 nitrogen and oxygen atoms in total. The Hall–Kier alpha value is -1.62.